The van der Waals surface area contributed by atoms with Crippen LogP contribution in [0.15, 0.2) is 30.3 Å². The van der Waals surface area contributed by atoms with Crippen LogP contribution in [0.4, 0.5) is 4.79 Å². The van der Waals surface area contributed by atoms with E-state index in [4.69, 9.17) is 4.74 Å². The first kappa shape index (κ1) is 13.6. The van der Waals surface area contributed by atoms with Crippen molar-refractivity contribution in [3.05, 3.63) is 35.9 Å². The third kappa shape index (κ3) is 5.38. The summed E-state index contributed by atoms with van der Waals surface area (Å²) in [5.74, 6) is 0.662. The van der Waals surface area contributed by atoms with Crippen LogP contribution in [0.2, 0.25) is 0 Å². The van der Waals surface area contributed by atoms with Crippen LogP contribution in [-0.4, -0.2) is 19.2 Å². The summed E-state index contributed by atoms with van der Waals surface area (Å²) in [4.78, 5) is 11.3. The third-order valence-corrected chi connectivity index (χ3v) is 2.47. The molecule has 1 aromatic carbocycles. The van der Waals surface area contributed by atoms with Crippen LogP contribution in [-0.2, 0) is 4.74 Å². The van der Waals surface area contributed by atoms with Gasteiger partial charge in [-0.3, -0.25) is 0 Å². The lowest BCUT2D eigenvalue weighted by Crippen LogP contribution is -2.29. The number of ether oxygens (including phenoxy) is 1. The van der Waals surface area contributed by atoms with Crippen molar-refractivity contribution >= 4 is 6.09 Å². The van der Waals surface area contributed by atoms with Crippen molar-refractivity contribution in [1.82, 2.24) is 5.32 Å². The fourth-order valence-corrected chi connectivity index (χ4v) is 1.43. The first-order chi connectivity index (χ1) is 8.09. The lowest BCUT2D eigenvalue weighted by Gasteiger charge is -2.13. The standard InChI is InChI=1S/C14H21NO2/c1-11(2)10-17-14(16)15-9-12(3)13-7-5-4-6-8-13/h4-8,11-12H,9-10H2,1-3H3,(H,15,16). The van der Waals surface area contributed by atoms with E-state index in [0.29, 0.717) is 25.0 Å². The van der Waals surface area contributed by atoms with Gasteiger partial charge in [0, 0.05) is 6.54 Å². The summed E-state index contributed by atoms with van der Waals surface area (Å²) < 4.78 is 5.04. The smallest absolute Gasteiger partial charge is 0.407 e. The molecule has 1 rings (SSSR count). The van der Waals surface area contributed by atoms with Crippen molar-refractivity contribution in [1.29, 1.82) is 0 Å². The Bertz CT molecular complexity index is 335. The Labute approximate surface area is 103 Å². The number of carbonyl (C=O) groups is 1. The molecule has 0 fully saturated rings. The number of hydrogen-bond acceptors (Lipinski definition) is 2. The van der Waals surface area contributed by atoms with Crippen molar-refractivity contribution in [2.45, 2.75) is 26.7 Å². The van der Waals surface area contributed by atoms with Gasteiger partial charge in [-0.05, 0) is 17.4 Å². The van der Waals surface area contributed by atoms with Gasteiger partial charge in [-0.15, -0.1) is 0 Å². The summed E-state index contributed by atoms with van der Waals surface area (Å²) >= 11 is 0. The zero-order valence-electron chi connectivity index (χ0n) is 10.8. The Morgan fingerprint density at radius 2 is 1.88 bits per heavy atom. The van der Waals surface area contributed by atoms with E-state index >= 15 is 0 Å². The van der Waals surface area contributed by atoms with Crippen LogP contribution in [0.25, 0.3) is 0 Å². The summed E-state index contributed by atoms with van der Waals surface area (Å²) in [6.07, 6.45) is -0.332. The second-order valence-electron chi connectivity index (χ2n) is 4.68. The molecule has 0 spiro atoms. The molecule has 0 heterocycles. The summed E-state index contributed by atoms with van der Waals surface area (Å²) in [5, 5.41) is 2.78. The molecule has 0 aliphatic heterocycles. The van der Waals surface area contributed by atoms with Crippen molar-refractivity contribution < 1.29 is 9.53 Å². The molecule has 1 atom stereocenters. The van der Waals surface area contributed by atoms with E-state index in [1.54, 1.807) is 0 Å². The Kier molecular flexibility index (Phi) is 5.53. The molecule has 3 heteroatoms. The van der Waals surface area contributed by atoms with Crippen molar-refractivity contribution in [2.75, 3.05) is 13.2 Å². The number of rotatable bonds is 5. The maximum Gasteiger partial charge on any atom is 0.407 e. The summed E-state index contributed by atoms with van der Waals surface area (Å²) in [6.45, 7) is 7.17. The quantitative estimate of drug-likeness (QED) is 0.851. The van der Waals surface area contributed by atoms with Crippen LogP contribution in [0.5, 0.6) is 0 Å². The molecule has 0 saturated heterocycles. The molecule has 0 aromatic heterocycles. The van der Waals surface area contributed by atoms with Crippen LogP contribution in [0.1, 0.15) is 32.3 Å². The molecule has 17 heavy (non-hydrogen) atoms. The van der Waals surface area contributed by atoms with Gasteiger partial charge in [0.1, 0.15) is 0 Å². The molecule has 1 amide bonds. The highest BCUT2D eigenvalue weighted by molar-refractivity contribution is 5.67. The molecule has 0 bridgehead atoms. The maximum absolute atomic E-state index is 11.3. The van der Waals surface area contributed by atoms with Gasteiger partial charge in [-0.25, -0.2) is 4.79 Å². The minimum atomic E-state index is -0.332. The molecule has 0 aliphatic rings. The molecule has 0 saturated carbocycles. The fraction of sp³-hybridized carbons (Fsp3) is 0.500. The van der Waals surface area contributed by atoms with Crippen molar-refractivity contribution in [2.24, 2.45) is 5.92 Å². The molecular weight excluding hydrogens is 214 g/mol. The Hall–Kier alpha value is -1.51. The molecule has 0 aliphatic carbocycles. The average molecular weight is 235 g/mol. The van der Waals surface area contributed by atoms with E-state index in [1.807, 2.05) is 32.0 Å². The largest absolute Gasteiger partial charge is 0.449 e. The second kappa shape index (κ2) is 6.94. The molecule has 1 N–H and O–H groups in total. The fourth-order valence-electron chi connectivity index (χ4n) is 1.43. The SMILES string of the molecule is CC(C)COC(=O)NCC(C)c1ccccc1. The van der Waals surface area contributed by atoms with Gasteiger partial charge in [0.15, 0.2) is 0 Å². The van der Waals surface area contributed by atoms with Crippen LogP contribution in [0, 0.1) is 5.92 Å². The molecule has 3 nitrogen and oxygen atoms in total. The Morgan fingerprint density at radius 3 is 2.47 bits per heavy atom. The van der Waals surface area contributed by atoms with Gasteiger partial charge in [-0.2, -0.15) is 0 Å². The Balaban J connectivity index is 2.29. The monoisotopic (exact) mass is 235 g/mol. The first-order valence-electron chi connectivity index (χ1n) is 6.05. The average Bonchev–Trinajstić information content (AvgIpc) is 2.34. The van der Waals surface area contributed by atoms with Crippen LogP contribution in [0.3, 0.4) is 0 Å². The molecule has 1 unspecified atom stereocenters. The highest BCUT2D eigenvalue weighted by atomic mass is 16.5. The number of carbonyl (C=O) groups excluding carboxylic acids is 1. The number of amides is 1. The Morgan fingerprint density at radius 1 is 1.24 bits per heavy atom. The predicted molar refractivity (Wildman–Crippen MR) is 69.0 cm³/mol. The number of alkyl carbamates (subject to hydrolysis) is 1. The zero-order chi connectivity index (χ0) is 12.7. The molecule has 94 valence electrons. The van der Waals surface area contributed by atoms with Crippen molar-refractivity contribution in [3.8, 4) is 0 Å². The summed E-state index contributed by atoms with van der Waals surface area (Å²) in [6, 6.07) is 10.1. The first-order valence-corrected chi connectivity index (χ1v) is 6.05. The van der Waals surface area contributed by atoms with Crippen LogP contribution >= 0.6 is 0 Å². The molecular formula is C14H21NO2. The molecule has 0 radical (unpaired) electrons. The minimum Gasteiger partial charge on any atom is -0.449 e. The topological polar surface area (TPSA) is 38.3 Å². The van der Waals surface area contributed by atoms with Gasteiger partial charge >= 0.3 is 6.09 Å². The number of hydrogen-bond donors (Lipinski definition) is 1. The van der Waals surface area contributed by atoms with E-state index in [-0.39, 0.29) is 6.09 Å². The lowest BCUT2D eigenvalue weighted by atomic mass is 10.0. The van der Waals surface area contributed by atoms with E-state index in [2.05, 4.69) is 24.4 Å². The normalized spacial score (nSPS) is 12.2. The zero-order valence-corrected chi connectivity index (χ0v) is 10.8. The van der Waals surface area contributed by atoms with Crippen molar-refractivity contribution in [3.63, 3.8) is 0 Å². The third-order valence-electron chi connectivity index (χ3n) is 2.47. The van der Waals surface area contributed by atoms with E-state index in [9.17, 15) is 4.79 Å². The number of benzene rings is 1. The highest BCUT2D eigenvalue weighted by Crippen LogP contribution is 2.12. The minimum absolute atomic E-state index is 0.294. The van der Waals surface area contributed by atoms with E-state index < -0.39 is 0 Å². The summed E-state index contributed by atoms with van der Waals surface area (Å²) in [7, 11) is 0. The van der Waals surface area contributed by atoms with E-state index in [1.165, 1.54) is 5.56 Å². The van der Waals surface area contributed by atoms with Crippen LogP contribution < -0.4 is 5.32 Å². The lowest BCUT2D eigenvalue weighted by molar-refractivity contribution is 0.132. The van der Waals surface area contributed by atoms with Gasteiger partial charge in [-0.1, -0.05) is 51.1 Å². The highest BCUT2D eigenvalue weighted by Gasteiger charge is 2.08. The maximum atomic E-state index is 11.3. The second-order valence-corrected chi connectivity index (χ2v) is 4.68. The van der Waals surface area contributed by atoms with Gasteiger partial charge in [0.05, 0.1) is 6.61 Å². The van der Waals surface area contributed by atoms with Gasteiger partial charge in [0.25, 0.3) is 0 Å². The molecule has 1 aromatic rings. The predicted octanol–water partition coefficient (Wildman–Crippen LogP) is 3.17. The number of nitrogens with one attached hydrogen (secondary N) is 1. The van der Waals surface area contributed by atoms with E-state index in [0.717, 1.165) is 0 Å². The van der Waals surface area contributed by atoms with Gasteiger partial charge in [0.2, 0.25) is 0 Å². The van der Waals surface area contributed by atoms with Gasteiger partial charge < -0.3 is 10.1 Å². The summed E-state index contributed by atoms with van der Waals surface area (Å²) in [5.41, 5.74) is 1.22.